The lowest BCUT2D eigenvalue weighted by Gasteiger charge is -2.42. The maximum Gasteiger partial charge on any atom is 0.329 e. The molecule has 3 heterocycles. The summed E-state index contributed by atoms with van der Waals surface area (Å²) in [5.41, 5.74) is 1.16. The maximum absolute atomic E-state index is 14.5. The molecule has 4 aliphatic rings. The van der Waals surface area contributed by atoms with Crippen molar-refractivity contribution in [3.63, 3.8) is 0 Å². The third-order valence-electron chi connectivity index (χ3n) is 14.9. The lowest BCUT2D eigenvalue weighted by Crippen LogP contribution is -2.61. The van der Waals surface area contributed by atoms with Gasteiger partial charge >= 0.3 is 11.9 Å². The first-order chi connectivity index (χ1) is 32.7. The van der Waals surface area contributed by atoms with Gasteiger partial charge in [-0.05, 0) is 107 Å². The van der Waals surface area contributed by atoms with E-state index in [2.05, 4.69) is 0 Å². The zero-order valence-corrected chi connectivity index (χ0v) is 43.3. The lowest BCUT2D eigenvalue weighted by molar-refractivity contribution is -0.265. The number of carbonyl (C=O) groups is 6. The van der Waals surface area contributed by atoms with Crippen molar-refractivity contribution in [3.8, 4) is 0 Å². The Kier molecular flexibility index (Phi) is 23.0. The number of hydrogen-bond donors (Lipinski definition) is 2. The molecule has 0 radical (unpaired) electrons. The molecule has 3 aliphatic heterocycles. The van der Waals surface area contributed by atoms with E-state index in [1.807, 2.05) is 58.1 Å². The summed E-state index contributed by atoms with van der Waals surface area (Å²) in [5.74, 6) is -9.06. The molecule has 1 amide bonds. The van der Waals surface area contributed by atoms with Crippen molar-refractivity contribution >= 4 is 46.8 Å². The molecule has 69 heavy (non-hydrogen) atoms. The van der Waals surface area contributed by atoms with Crippen LogP contribution in [-0.4, -0.2) is 139 Å². The van der Waals surface area contributed by atoms with E-state index in [1.165, 1.54) is 12.0 Å². The molecular weight excluding hydrogens is 910 g/mol. The molecule has 1 saturated carbocycles. The number of alkyl halides is 1. The van der Waals surface area contributed by atoms with Crippen LogP contribution in [0.2, 0.25) is 0 Å². The highest BCUT2D eigenvalue weighted by Crippen LogP contribution is 2.38. The molecule has 2 N–H and O–H groups in total. The number of ether oxygens (including phenoxy) is 6. The van der Waals surface area contributed by atoms with E-state index in [9.17, 15) is 39.0 Å². The van der Waals surface area contributed by atoms with Crippen molar-refractivity contribution in [2.45, 2.75) is 180 Å². The number of rotatable bonds is 8. The van der Waals surface area contributed by atoms with Gasteiger partial charge in [0.1, 0.15) is 30.2 Å². The van der Waals surface area contributed by atoms with Crippen LogP contribution in [0.15, 0.2) is 47.6 Å². The van der Waals surface area contributed by atoms with Crippen molar-refractivity contribution in [1.29, 1.82) is 0 Å². The smallest absolute Gasteiger partial charge is 0.329 e. The van der Waals surface area contributed by atoms with E-state index in [4.69, 9.17) is 40.0 Å². The number of amides is 1. The Balaban J connectivity index is 1.70. The van der Waals surface area contributed by atoms with Crippen molar-refractivity contribution in [3.05, 3.63) is 47.6 Å². The fourth-order valence-electron chi connectivity index (χ4n) is 10.5. The molecule has 2 bridgehead atoms. The first-order valence-corrected chi connectivity index (χ1v) is 25.5. The molecule has 0 aromatic rings. The number of esters is 2. The molecular formula is C53H80ClNO14. The third-order valence-corrected chi connectivity index (χ3v) is 15.1. The van der Waals surface area contributed by atoms with Crippen LogP contribution in [0, 0.1) is 35.5 Å². The molecule has 0 aromatic carbocycles. The molecule has 3 fully saturated rings. The van der Waals surface area contributed by atoms with Gasteiger partial charge in [0.15, 0.2) is 11.6 Å². The molecule has 15 atom stereocenters. The largest absolute Gasteiger partial charge is 0.460 e. The average molecular weight is 991 g/mol. The van der Waals surface area contributed by atoms with Gasteiger partial charge < -0.3 is 43.5 Å². The summed E-state index contributed by atoms with van der Waals surface area (Å²) in [6.45, 7) is 12.6. The van der Waals surface area contributed by atoms with Gasteiger partial charge in [-0.2, -0.15) is 0 Å². The molecule has 388 valence electrons. The Morgan fingerprint density at radius 2 is 1.62 bits per heavy atom. The zero-order valence-electron chi connectivity index (χ0n) is 42.6. The average Bonchev–Trinajstić information content (AvgIpc) is 3.33. The molecule has 1 aliphatic carbocycles. The highest BCUT2D eigenvalue weighted by atomic mass is 35.5. The molecule has 1 unspecified atom stereocenters. The molecule has 0 aromatic heterocycles. The van der Waals surface area contributed by atoms with Gasteiger partial charge in [0.05, 0.1) is 24.4 Å². The number of hydrogen-bond acceptors (Lipinski definition) is 14. The Labute approximate surface area is 414 Å². The molecule has 15 nitrogen and oxygen atoms in total. The minimum atomic E-state index is -2.45. The van der Waals surface area contributed by atoms with Crippen molar-refractivity contribution in [2.24, 2.45) is 35.5 Å². The first kappa shape index (κ1) is 58.0. The summed E-state index contributed by atoms with van der Waals surface area (Å²) < 4.78 is 35.1. The minimum Gasteiger partial charge on any atom is -0.460 e. The second-order valence-corrected chi connectivity index (χ2v) is 20.5. The SMILES string of the molecule is CO[C@H]1C[C@@H]2CC[C@@H](C)[C@@](O)(O2)C(=O)C(=O)N2CCCC[C@H]2C(=O)O[C@H]([C@H](C)C[C@@H]2CC[C@@H](OC(=O)CCl)[C@H](OC)C2)CC(=O)C(C)=CC(C)[C@@H](O)[C@@H](OC)C(=O)[C@H](C)C[C@H](C)C=CC=CC=C1C. The van der Waals surface area contributed by atoms with E-state index < -0.39 is 102 Å². The number of Topliss-reactive ketones (excluding diaryl/α,β-unsaturated/α-hetero) is 3. The van der Waals surface area contributed by atoms with E-state index >= 15 is 0 Å². The highest BCUT2D eigenvalue weighted by Gasteiger charge is 2.53. The van der Waals surface area contributed by atoms with Gasteiger partial charge in [-0.1, -0.05) is 71.1 Å². The number of methoxy groups -OCH3 is 3. The quantitative estimate of drug-likeness (QED) is 0.143. The second-order valence-electron chi connectivity index (χ2n) is 20.2. The molecule has 4 rings (SSSR count). The maximum atomic E-state index is 14.5. The minimum absolute atomic E-state index is 0.00912. The standard InChI is InChI=1S/C53H80ClNO14/c1-31-16-12-11-13-17-32(2)43(64-8)28-39-21-19-37(7)53(63,69-39)50(60)51(61)55-23-15-14-18-40(55)52(62)68-44(34(4)26-38-20-22-42(45(27-38)65-9)67-46(57)30-54)29-41(56)33(3)25-36(6)48(59)49(66-10)47(58)35(5)24-31/h11-13,16-17,25,31,34-40,42-45,48-49,59,63H,14-15,18-24,26-30H2,1-10H3/t31-,34-,35-,36?,37-,38+,39+,40+,42-,43+,44+,45-,48-,49+,53-/m1/s1. The van der Waals surface area contributed by atoms with E-state index in [0.29, 0.717) is 64.2 Å². The van der Waals surface area contributed by atoms with Gasteiger partial charge in [0.25, 0.3) is 11.7 Å². The summed E-state index contributed by atoms with van der Waals surface area (Å²) in [5, 5.41) is 23.5. The lowest BCUT2D eigenvalue weighted by atomic mass is 9.78. The second kappa shape index (κ2) is 27.3. The zero-order chi connectivity index (χ0) is 51.2. The summed E-state index contributed by atoms with van der Waals surface area (Å²) in [6, 6.07) is -1.17. The molecule has 16 heteroatoms. The number of ketones is 3. The fraction of sp³-hybridized carbons (Fsp3) is 0.736. The number of carbonyl (C=O) groups excluding carboxylic acids is 6. The summed E-state index contributed by atoms with van der Waals surface area (Å²) in [7, 11) is 4.50. The Morgan fingerprint density at radius 1 is 0.899 bits per heavy atom. The van der Waals surface area contributed by atoms with Crippen LogP contribution < -0.4 is 0 Å². The van der Waals surface area contributed by atoms with Crippen LogP contribution >= 0.6 is 11.6 Å². The highest BCUT2D eigenvalue weighted by molar-refractivity contribution is 6.39. The van der Waals surface area contributed by atoms with E-state index in [-0.39, 0.29) is 54.2 Å². The number of piperidine rings is 1. The van der Waals surface area contributed by atoms with Crippen LogP contribution in [0.3, 0.4) is 0 Å². The number of aliphatic hydroxyl groups is 2. The monoisotopic (exact) mass is 990 g/mol. The number of aliphatic hydroxyl groups excluding tert-OH is 1. The van der Waals surface area contributed by atoms with Crippen LogP contribution in [0.4, 0.5) is 0 Å². The number of cyclic esters (lactones) is 1. The van der Waals surface area contributed by atoms with Crippen LogP contribution in [0.25, 0.3) is 0 Å². The summed E-state index contributed by atoms with van der Waals surface area (Å²) >= 11 is 5.71. The van der Waals surface area contributed by atoms with Gasteiger partial charge in [-0.25, -0.2) is 4.79 Å². The first-order valence-electron chi connectivity index (χ1n) is 24.9. The Hall–Kier alpha value is -3.57. The Bertz CT molecular complexity index is 1900. The number of nitrogens with zero attached hydrogens (tertiary/aromatic N) is 1. The van der Waals surface area contributed by atoms with E-state index in [1.54, 1.807) is 41.1 Å². The van der Waals surface area contributed by atoms with Crippen molar-refractivity contribution < 1.29 is 67.4 Å². The Morgan fingerprint density at radius 3 is 2.29 bits per heavy atom. The fourth-order valence-corrected chi connectivity index (χ4v) is 10.5. The van der Waals surface area contributed by atoms with Crippen LogP contribution in [0.1, 0.15) is 126 Å². The van der Waals surface area contributed by atoms with Gasteiger partial charge in [0.2, 0.25) is 5.79 Å². The van der Waals surface area contributed by atoms with Gasteiger partial charge in [-0.15, -0.1) is 11.6 Å². The normalized spacial score (nSPS) is 36.2. The number of halogens is 1. The van der Waals surface area contributed by atoms with Crippen LogP contribution in [-0.2, 0) is 57.2 Å². The summed E-state index contributed by atoms with van der Waals surface area (Å²) in [4.78, 5) is 84.2. The topological polar surface area (TPSA) is 201 Å². The van der Waals surface area contributed by atoms with Gasteiger partial charge in [0, 0.05) is 58.5 Å². The molecule has 0 spiro atoms. The van der Waals surface area contributed by atoms with Crippen molar-refractivity contribution in [1.82, 2.24) is 4.90 Å². The van der Waals surface area contributed by atoms with Crippen molar-refractivity contribution in [2.75, 3.05) is 33.8 Å². The predicted molar refractivity (Wildman–Crippen MR) is 260 cm³/mol. The molecule has 2 saturated heterocycles. The predicted octanol–water partition coefficient (Wildman–Crippen LogP) is 6.97. The van der Waals surface area contributed by atoms with Crippen LogP contribution in [0.5, 0.6) is 0 Å². The third kappa shape index (κ3) is 15.7. The van der Waals surface area contributed by atoms with E-state index in [0.717, 1.165) is 5.57 Å². The van der Waals surface area contributed by atoms with Gasteiger partial charge in [-0.3, -0.25) is 24.0 Å². The number of fused-ring (bicyclic) bond motifs is 3. The number of allylic oxidation sites excluding steroid dienone is 6. The summed E-state index contributed by atoms with van der Waals surface area (Å²) in [6.07, 6.45) is 10.8.